The Balaban J connectivity index is 2.37. The summed E-state index contributed by atoms with van der Waals surface area (Å²) in [6.07, 6.45) is 1.68. The molecular formula is C13H18O3. The molecule has 88 valence electrons. The summed E-state index contributed by atoms with van der Waals surface area (Å²) >= 11 is 0. The second kappa shape index (κ2) is 4.74. The molecule has 0 amide bonds. The van der Waals surface area contributed by atoms with Crippen LogP contribution in [-0.4, -0.2) is 18.5 Å². The van der Waals surface area contributed by atoms with Crippen LogP contribution in [0.3, 0.4) is 0 Å². The van der Waals surface area contributed by atoms with Gasteiger partial charge in [-0.2, -0.15) is 0 Å². The molecule has 0 saturated heterocycles. The first-order valence-electron chi connectivity index (χ1n) is 5.76. The molecule has 1 aliphatic heterocycles. The van der Waals surface area contributed by atoms with Crippen LogP contribution in [0.15, 0.2) is 12.1 Å². The third kappa shape index (κ3) is 2.00. The Bertz CT molecular complexity index is 372. The van der Waals surface area contributed by atoms with Crippen LogP contribution in [0.2, 0.25) is 0 Å². The average Bonchev–Trinajstić information content (AvgIpc) is 2.72. The zero-order valence-electron chi connectivity index (χ0n) is 9.82. The Morgan fingerprint density at radius 1 is 1.31 bits per heavy atom. The number of aliphatic hydroxyl groups is 1. The Labute approximate surface area is 96.0 Å². The van der Waals surface area contributed by atoms with Crippen LogP contribution in [0.25, 0.3) is 0 Å². The van der Waals surface area contributed by atoms with E-state index in [0.717, 1.165) is 24.3 Å². The predicted molar refractivity (Wildman–Crippen MR) is 62.1 cm³/mol. The molecule has 1 N–H and O–H groups in total. The fraction of sp³-hybridized carbons (Fsp3) is 0.538. The third-order valence-corrected chi connectivity index (χ3v) is 2.85. The number of rotatable bonds is 4. The quantitative estimate of drug-likeness (QED) is 0.850. The molecule has 1 aliphatic rings. The van der Waals surface area contributed by atoms with Crippen LogP contribution in [0.1, 0.15) is 37.3 Å². The average molecular weight is 222 g/mol. The lowest BCUT2D eigenvalue weighted by Gasteiger charge is -2.15. The predicted octanol–water partition coefficient (Wildman–Crippen LogP) is 2.46. The molecule has 0 aromatic heterocycles. The van der Waals surface area contributed by atoms with E-state index in [1.807, 2.05) is 6.07 Å². The zero-order chi connectivity index (χ0) is 11.5. The van der Waals surface area contributed by atoms with Crippen molar-refractivity contribution in [2.24, 2.45) is 0 Å². The molecule has 0 spiro atoms. The highest BCUT2D eigenvalue weighted by Gasteiger charge is 2.22. The SMILES string of the molecule is CC(C)c1c(CCCO)ccc2c1OCO2. The summed E-state index contributed by atoms with van der Waals surface area (Å²) in [5, 5.41) is 8.89. The van der Waals surface area contributed by atoms with Gasteiger partial charge in [0.15, 0.2) is 11.5 Å². The minimum absolute atomic E-state index is 0.228. The summed E-state index contributed by atoms with van der Waals surface area (Å²) in [6.45, 7) is 4.85. The van der Waals surface area contributed by atoms with E-state index in [-0.39, 0.29) is 6.61 Å². The largest absolute Gasteiger partial charge is 0.454 e. The maximum absolute atomic E-state index is 8.89. The fourth-order valence-corrected chi connectivity index (χ4v) is 2.16. The van der Waals surface area contributed by atoms with Crippen molar-refractivity contribution in [3.63, 3.8) is 0 Å². The van der Waals surface area contributed by atoms with Gasteiger partial charge in [-0.1, -0.05) is 19.9 Å². The molecule has 1 aromatic rings. The molecule has 2 rings (SSSR count). The van der Waals surface area contributed by atoms with Crippen molar-refractivity contribution in [3.8, 4) is 11.5 Å². The lowest BCUT2D eigenvalue weighted by atomic mass is 9.93. The van der Waals surface area contributed by atoms with E-state index in [9.17, 15) is 0 Å². The second-order valence-electron chi connectivity index (χ2n) is 4.35. The van der Waals surface area contributed by atoms with Gasteiger partial charge in [0.05, 0.1) is 0 Å². The van der Waals surface area contributed by atoms with Crippen LogP contribution >= 0.6 is 0 Å². The van der Waals surface area contributed by atoms with Gasteiger partial charge in [-0.15, -0.1) is 0 Å². The highest BCUT2D eigenvalue weighted by molar-refractivity contribution is 5.53. The van der Waals surface area contributed by atoms with Crippen LogP contribution in [0.4, 0.5) is 0 Å². The summed E-state index contributed by atoms with van der Waals surface area (Å²) < 4.78 is 10.9. The number of hydrogen-bond donors (Lipinski definition) is 1. The van der Waals surface area contributed by atoms with E-state index in [1.54, 1.807) is 0 Å². The number of benzene rings is 1. The first-order valence-corrected chi connectivity index (χ1v) is 5.76. The maximum Gasteiger partial charge on any atom is 0.231 e. The van der Waals surface area contributed by atoms with Gasteiger partial charge in [0.2, 0.25) is 6.79 Å². The lowest BCUT2D eigenvalue weighted by Crippen LogP contribution is -2.00. The van der Waals surface area contributed by atoms with E-state index in [1.165, 1.54) is 11.1 Å². The molecule has 0 radical (unpaired) electrons. The molecule has 0 aliphatic carbocycles. The summed E-state index contributed by atoms with van der Waals surface area (Å²) in [7, 11) is 0. The summed E-state index contributed by atoms with van der Waals surface area (Å²) in [5.74, 6) is 2.15. The Morgan fingerprint density at radius 2 is 2.12 bits per heavy atom. The van der Waals surface area contributed by atoms with Crippen LogP contribution in [0, 0.1) is 0 Å². The summed E-state index contributed by atoms with van der Waals surface area (Å²) in [5.41, 5.74) is 2.48. The highest BCUT2D eigenvalue weighted by atomic mass is 16.7. The van der Waals surface area contributed by atoms with Crippen molar-refractivity contribution in [3.05, 3.63) is 23.3 Å². The monoisotopic (exact) mass is 222 g/mol. The first kappa shape index (κ1) is 11.3. The van der Waals surface area contributed by atoms with Gasteiger partial charge in [0, 0.05) is 12.2 Å². The molecule has 3 nitrogen and oxygen atoms in total. The first-order chi connectivity index (χ1) is 7.74. The minimum atomic E-state index is 0.228. The van der Waals surface area contributed by atoms with Gasteiger partial charge in [-0.05, 0) is 30.4 Å². The van der Waals surface area contributed by atoms with Crippen LogP contribution in [0.5, 0.6) is 11.5 Å². The molecule has 1 aromatic carbocycles. The van der Waals surface area contributed by atoms with Crippen molar-refractivity contribution in [1.82, 2.24) is 0 Å². The molecule has 0 atom stereocenters. The normalized spacial score (nSPS) is 13.5. The van der Waals surface area contributed by atoms with E-state index in [4.69, 9.17) is 14.6 Å². The topological polar surface area (TPSA) is 38.7 Å². The van der Waals surface area contributed by atoms with Gasteiger partial charge in [-0.25, -0.2) is 0 Å². The summed E-state index contributed by atoms with van der Waals surface area (Å²) in [6, 6.07) is 4.04. The maximum atomic E-state index is 8.89. The minimum Gasteiger partial charge on any atom is -0.454 e. The number of aryl methyl sites for hydroxylation is 1. The van der Waals surface area contributed by atoms with Gasteiger partial charge in [0.1, 0.15) is 0 Å². The van der Waals surface area contributed by atoms with Gasteiger partial charge in [0.25, 0.3) is 0 Å². The molecule has 0 unspecified atom stereocenters. The zero-order valence-corrected chi connectivity index (χ0v) is 9.82. The number of fused-ring (bicyclic) bond motifs is 1. The second-order valence-corrected chi connectivity index (χ2v) is 4.35. The molecule has 1 heterocycles. The van der Waals surface area contributed by atoms with E-state index in [2.05, 4.69) is 19.9 Å². The van der Waals surface area contributed by atoms with Crippen molar-refractivity contribution in [2.75, 3.05) is 13.4 Å². The van der Waals surface area contributed by atoms with Gasteiger partial charge in [-0.3, -0.25) is 0 Å². The fourth-order valence-electron chi connectivity index (χ4n) is 2.16. The van der Waals surface area contributed by atoms with Gasteiger partial charge < -0.3 is 14.6 Å². The van der Waals surface area contributed by atoms with Crippen LogP contribution < -0.4 is 9.47 Å². The number of aliphatic hydroxyl groups excluding tert-OH is 1. The molecule has 0 fully saturated rings. The Kier molecular flexibility index (Phi) is 3.34. The number of hydrogen-bond acceptors (Lipinski definition) is 3. The standard InChI is InChI=1S/C13H18O3/c1-9(2)12-10(4-3-7-14)5-6-11-13(12)16-8-15-11/h5-6,9,14H,3-4,7-8H2,1-2H3. The number of ether oxygens (including phenoxy) is 2. The van der Waals surface area contributed by atoms with Crippen molar-refractivity contribution in [2.45, 2.75) is 32.6 Å². The Hall–Kier alpha value is -1.22. The summed E-state index contributed by atoms with van der Waals surface area (Å²) in [4.78, 5) is 0. The van der Waals surface area contributed by atoms with Crippen molar-refractivity contribution >= 4 is 0 Å². The molecule has 0 saturated carbocycles. The van der Waals surface area contributed by atoms with Crippen molar-refractivity contribution < 1.29 is 14.6 Å². The lowest BCUT2D eigenvalue weighted by molar-refractivity contribution is 0.173. The van der Waals surface area contributed by atoms with Gasteiger partial charge >= 0.3 is 0 Å². The van der Waals surface area contributed by atoms with E-state index >= 15 is 0 Å². The van der Waals surface area contributed by atoms with E-state index in [0.29, 0.717) is 12.7 Å². The molecule has 16 heavy (non-hydrogen) atoms. The molecule has 0 bridgehead atoms. The molecular weight excluding hydrogens is 204 g/mol. The third-order valence-electron chi connectivity index (χ3n) is 2.85. The van der Waals surface area contributed by atoms with Crippen molar-refractivity contribution in [1.29, 1.82) is 0 Å². The van der Waals surface area contributed by atoms with Crippen LogP contribution in [-0.2, 0) is 6.42 Å². The highest BCUT2D eigenvalue weighted by Crippen LogP contribution is 2.41. The Morgan fingerprint density at radius 3 is 2.81 bits per heavy atom. The van der Waals surface area contributed by atoms with E-state index < -0.39 is 0 Å². The smallest absolute Gasteiger partial charge is 0.231 e. The molecule has 3 heteroatoms.